The van der Waals surface area contributed by atoms with E-state index < -0.39 is 11.9 Å². The van der Waals surface area contributed by atoms with Crippen molar-refractivity contribution in [3.63, 3.8) is 0 Å². The van der Waals surface area contributed by atoms with Gasteiger partial charge in [-0.15, -0.1) is 0 Å². The Morgan fingerprint density at radius 3 is 2.73 bits per heavy atom. The topological polar surface area (TPSA) is 107 Å². The highest BCUT2D eigenvalue weighted by Crippen LogP contribution is 2.41. The second-order valence-corrected chi connectivity index (χ2v) is 6.71. The molecule has 0 aromatic rings. The molecule has 1 aliphatic heterocycles. The van der Waals surface area contributed by atoms with Gasteiger partial charge < -0.3 is 21.5 Å². The molecule has 0 radical (unpaired) electrons. The Morgan fingerprint density at radius 1 is 1.41 bits per heavy atom. The standard InChI is InChI=1S/C15H21N3O3S/c1-8(2)21-10-5-3-4-9(6-10)12-7-11(13(16)19)14(22-12)18-15(17)20/h3-4,6,8,10,12H,5,7H2,1-2H3,(H2,16,19)(H3,17,18,20). The molecule has 1 heterocycles. The van der Waals surface area contributed by atoms with E-state index in [4.69, 9.17) is 16.2 Å². The highest BCUT2D eigenvalue weighted by molar-refractivity contribution is 8.04. The summed E-state index contributed by atoms with van der Waals surface area (Å²) < 4.78 is 5.81. The molecule has 0 saturated heterocycles. The molecular formula is C15H21N3O3S. The summed E-state index contributed by atoms with van der Waals surface area (Å²) >= 11 is 1.39. The van der Waals surface area contributed by atoms with Crippen LogP contribution in [0.25, 0.3) is 0 Å². The number of ether oxygens (including phenoxy) is 1. The van der Waals surface area contributed by atoms with Gasteiger partial charge in [0.05, 0.1) is 17.2 Å². The summed E-state index contributed by atoms with van der Waals surface area (Å²) in [5.41, 5.74) is 12.0. The van der Waals surface area contributed by atoms with Crippen molar-refractivity contribution in [1.82, 2.24) is 5.32 Å². The SMILES string of the molecule is CC(C)OC1C=C(C2CC(C(N)=O)=C(NC(N)=O)S2)C=CC1. The lowest BCUT2D eigenvalue weighted by Crippen LogP contribution is -2.29. The van der Waals surface area contributed by atoms with E-state index in [9.17, 15) is 9.59 Å². The maximum absolute atomic E-state index is 11.5. The summed E-state index contributed by atoms with van der Waals surface area (Å²) in [6.45, 7) is 4.00. The minimum absolute atomic E-state index is 0.0270. The van der Waals surface area contributed by atoms with Crippen LogP contribution in [0.2, 0.25) is 0 Å². The van der Waals surface area contributed by atoms with Crippen molar-refractivity contribution in [2.45, 2.75) is 44.1 Å². The fourth-order valence-corrected chi connectivity index (χ4v) is 3.80. The van der Waals surface area contributed by atoms with Crippen LogP contribution in [0.4, 0.5) is 4.79 Å². The van der Waals surface area contributed by atoms with Crippen molar-refractivity contribution in [3.8, 4) is 0 Å². The van der Waals surface area contributed by atoms with Crippen molar-refractivity contribution >= 4 is 23.7 Å². The maximum Gasteiger partial charge on any atom is 0.317 e. The zero-order valence-electron chi connectivity index (χ0n) is 12.7. The summed E-state index contributed by atoms with van der Waals surface area (Å²) in [6, 6.07) is -0.698. The van der Waals surface area contributed by atoms with Crippen LogP contribution < -0.4 is 16.8 Å². The summed E-state index contributed by atoms with van der Waals surface area (Å²) in [5, 5.41) is 2.96. The zero-order chi connectivity index (χ0) is 16.3. The summed E-state index contributed by atoms with van der Waals surface area (Å²) in [7, 11) is 0. The molecule has 2 rings (SSSR count). The van der Waals surface area contributed by atoms with Crippen LogP contribution in [0.5, 0.6) is 0 Å². The Kier molecular flexibility index (Phi) is 5.31. The van der Waals surface area contributed by atoms with Crippen molar-refractivity contribution in [2.75, 3.05) is 0 Å². The van der Waals surface area contributed by atoms with Gasteiger partial charge in [0.1, 0.15) is 0 Å². The van der Waals surface area contributed by atoms with Crippen molar-refractivity contribution in [3.05, 3.63) is 34.4 Å². The van der Waals surface area contributed by atoms with Gasteiger partial charge in [0.25, 0.3) is 0 Å². The van der Waals surface area contributed by atoms with Crippen LogP contribution in [0, 0.1) is 0 Å². The van der Waals surface area contributed by atoms with Gasteiger partial charge in [0.2, 0.25) is 5.91 Å². The first kappa shape index (κ1) is 16.6. The van der Waals surface area contributed by atoms with E-state index in [1.54, 1.807) is 0 Å². The van der Waals surface area contributed by atoms with E-state index in [2.05, 4.69) is 17.5 Å². The number of hydrogen-bond acceptors (Lipinski definition) is 4. The van der Waals surface area contributed by atoms with E-state index in [-0.39, 0.29) is 17.5 Å². The molecule has 22 heavy (non-hydrogen) atoms. The number of allylic oxidation sites excluding steroid dienone is 1. The zero-order valence-corrected chi connectivity index (χ0v) is 13.5. The van der Waals surface area contributed by atoms with Gasteiger partial charge in [0.15, 0.2) is 0 Å². The van der Waals surface area contributed by atoms with Gasteiger partial charge in [0, 0.05) is 10.8 Å². The molecule has 0 fully saturated rings. The summed E-state index contributed by atoms with van der Waals surface area (Å²) in [6.07, 6.45) is 7.66. The molecule has 7 heteroatoms. The Balaban J connectivity index is 2.12. The molecule has 0 aromatic carbocycles. The molecule has 3 amide bonds. The first-order valence-electron chi connectivity index (χ1n) is 7.16. The summed E-state index contributed by atoms with van der Waals surface area (Å²) in [4.78, 5) is 22.6. The second-order valence-electron chi connectivity index (χ2n) is 5.50. The highest BCUT2D eigenvalue weighted by Gasteiger charge is 2.31. The monoisotopic (exact) mass is 323 g/mol. The lowest BCUT2D eigenvalue weighted by atomic mass is 9.98. The van der Waals surface area contributed by atoms with E-state index in [0.29, 0.717) is 17.0 Å². The van der Waals surface area contributed by atoms with Crippen LogP contribution in [0.3, 0.4) is 0 Å². The Morgan fingerprint density at radius 2 is 2.14 bits per heavy atom. The maximum atomic E-state index is 11.5. The number of hydrogen-bond donors (Lipinski definition) is 3. The molecular weight excluding hydrogens is 302 g/mol. The molecule has 2 atom stereocenters. The van der Waals surface area contributed by atoms with Gasteiger partial charge in [-0.1, -0.05) is 30.0 Å². The van der Waals surface area contributed by atoms with Crippen LogP contribution in [-0.2, 0) is 9.53 Å². The largest absolute Gasteiger partial charge is 0.371 e. The van der Waals surface area contributed by atoms with Gasteiger partial charge in [-0.25, -0.2) is 4.79 Å². The minimum Gasteiger partial charge on any atom is -0.371 e. The predicted octanol–water partition coefficient (Wildman–Crippen LogP) is 1.54. The van der Waals surface area contributed by atoms with Crippen molar-refractivity contribution in [2.24, 2.45) is 11.5 Å². The molecule has 0 bridgehead atoms. The molecule has 5 N–H and O–H groups in total. The molecule has 1 aliphatic carbocycles. The number of urea groups is 1. The minimum atomic E-state index is -0.698. The van der Waals surface area contributed by atoms with E-state index >= 15 is 0 Å². The van der Waals surface area contributed by atoms with Crippen molar-refractivity contribution in [1.29, 1.82) is 0 Å². The van der Waals surface area contributed by atoms with Gasteiger partial charge >= 0.3 is 6.03 Å². The number of carbonyl (C=O) groups is 2. The molecule has 0 spiro atoms. The number of amides is 3. The van der Waals surface area contributed by atoms with E-state index in [1.807, 2.05) is 19.9 Å². The normalized spacial score (nSPS) is 24.6. The lowest BCUT2D eigenvalue weighted by molar-refractivity contribution is -0.114. The average molecular weight is 323 g/mol. The smallest absolute Gasteiger partial charge is 0.317 e. The molecule has 120 valence electrons. The molecule has 0 aromatic heterocycles. The van der Waals surface area contributed by atoms with Gasteiger partial charge in [-0.3, -0.25) is 4.79 Å². The Bertz CT molecular complexity index is 566. The highest BCUT2D eigenvalue weighted by atomic mass is 32.2. The number of carbonyl (C=O) groups excluding carboxylic acids is 2. The Labute approximate surface area is 134 Å². The third-order valence-electron chi connectivity index (χ3n) is 3.33. The number of rotatable bonds is 5. The number of thioether (sulfide) groups is 1. The quantitative estimate of drug-likeness (QED) is 0.713. The molecule has 2 unspecified atom stereocenters. The Hall–Kier alpha value is -1.73. The van der Waals surface area contributed by atoms with Crippen LogP contribution in [0.15, 0.2) is 34.4 Å². The van der Waals surface area contributed by atoms with E-state index in [0.717, 1.165) is 12.0 Å². The first-order chi connectivity index (χ1) is 10.4. The summed E-state index contributed by atoms with van der Waals surface area (Å²) in [5.74, 6) is -0.533. The second kappa shape index (κ2) is 7.02. The fourth-order valence-electron chi connectivity index (χ4n) is 2.48. The van der Waals surface area contributed by atoms with Gasteiger partial charge in [-0.2, -0.15) is 0 Å². The molecule has 0 saturated carbocycles. The van der Waals surface area contributed by atoms with Crippen molar-refractivity contribution < 1.29 is 14.3 Å². The first-order valence-corrected chi connectivity index (χ1v) is 8.04. The number of nitrogens with two attached hydrogens (primary N) is 2. The average Bonchev–Trinajstić information content (AvgIpc) is 2.81. The molecule has 6 nitrogen and oxygen atoms in total. The van der Waals surface area contributed by atoms with Gasteiger partial charge in [-0.05, 0) is 32.3 Å². The lowest BCUT2D eigenvalue weighted by Gasteiger charge is -2.22. The van der Waals surface area contributed by atoms with Crippen LogP contribution in [0.1, 0.15) is 26.7 Å². The van der Waals surface area contributed by atoms with Crippen LogP contribution in [-0.4, -0.2) is 29.4 Å². The third-order valence-corrected chi connectivity index (χ3v) is 4.64. The number of primary amides is 2. The number of nitrogens with one attached hydrogen (secondary N) is 1. The predicted molar refractivity (Wildman–Crippen MR) is 86.8 cm³/mol. The van der Waals surface area contributed by atoms with E-state index in [1.165, 1.54) is 11.8 Å². The van der Waals surface area contributed by atoms with Crippen LogP contribution >= 0.6 is 11.8 Å². The fraction of sp³-hybridized carbons (Fsp3) is 0.467. The molecule has 2 aliphatic rings. The third kappa shape index (κ3) is 4.14.